The smallest absolute Gasteiger partial charge is 0.304 e. The maximum absolute atomic E-state index is 10.7. The molecule has 0 fully saturated rings. The molecular formula is C13H18O4. The van der Waals surface area contributed by atoms with Crippen molar-refractivity contribution in [3.63, 3.8) is 0 Å². The van der Waals surface area contributed by atoms with Crippen molar-refractivity contribution >= 4 is 5.97 Å². The van der Waals surface area contributed by atoms with Crippen molar-refractivity contribution in [2.75, 3.05) is 13.7 Å². The average Bonchev–Trinajstić information content (AvgIpc) is 2.28. The van der Waals surface area contributed by atoms with Gasteiger partial charge >= 0.3 is 5.97 Å². The first-order valence-electron chi connectivity index (χ1n) is 5.47. The highest BCUT2D eigenvalue weighted by atomic mass is 16.5. The number of ether oxygens (including phenoxy) is 1. The summed E-state index contributed by atoms with van der Waals surface area (Å²) in [6.07, 6.45) is -0.0664. The molecule has 0 spiro atoms. The minimum atomic E-state index is -0.906. The highest BCUT2D eigenvalue weighted by molar-refractivity contribution is 5.68. The highest BCUT2D eigenvalue weighted by Gasteiger charge is 2.18. The molecule has 4 heteroatoms. The Morgan fingerprint density at radius 2 is 2.00 bits per heavy atom. The first-order valence-corrected chi connectivity index (χ1v) is 5.47. The molecule has 0 aliphatic carbocycles. The SMILES string of the molecule is COc1cc(C)c(C(CO)CC(=O)O)cc1C. The second kappa shape index (κ2) is 5.68. The Labute approximate surface area is 101 Å². The lowest BCUT2D eigenvalue weighted by atomic mass is 9.91. The molecule has 0 aromatic heterocycles. The summed E-state index contributed by atoms with van der Waals surface area (Å²) in [6.45, 7) is 3.62. The molecule has 4 nitrogen and oxygen atoms in total. The number of hydrogen-bond donors (Lipinski definition) is 2. The summed E-state index contributed by atoms with van der Waals surface area (Å²) in [5.41, 5.74) is 2.75. The molecule has 1 rings (SSSR count). The normalized spacial score (nSPS) is 12.2. The maximum Gasteiger partial charge on any atom is 0.304 e. The minimum absolute atomic E-state index is 0.0664. The van der Waals surface area contributed by atoms with Crippen LogP contribution in [-0.4, -0.2) is 29.9 Å². The van der Waals surface area contributed by atoms with Crippen LogP contribution in [-0.2, 0) is 4.79 Å². The van der Waals surface area contributed by atoms with Gasteiger partial charge in [-0.3, -0.25) is 4.79 Å². The van der Waals surface area contributed by atoms with Crippen LogP contribution < -0.4 is 4.74 Å². The summed E-state index contributed by atoms with van der Waals surface area (Å²) in [6, 6.07) is 3.76. The van der Waals surface area contributed by atoms with Gasteiger partial charge in [0.25, 0.3) is 0 Å². The lowest BCUT2D eigenvalue weighted by Crippen LogP contribution is -2.12. The van der Waals surface area contributed by atoms with Crippen molar-refractivity contribution in [2.45, 2.75) is 26.2 Å². The van der Waals surface area contributed by atoms with Crippen LogP contribution in [0.5, 0.6) is 5.75 Å². The Bertz CT molecular complexity index is 412. The summed E-state index contributed by atoms with van der Waals surface area (Å²) in [5.74, 6) is -0.493. The predicted molar refractivity (Wildman–Crippen MR) is 64.5 cm³/mol. The van der Waals surface area contributed by atoms with E-state index in [0.29, 0.717) is 0 Å². The number of carbonyl (C=O) groups is 1. The fourth-order valence-electron chi connectivity index (χ4n) is 1.96. The second-order valence-corrected chi connectivity index (χ2v) is 4.16. The van der Waals surface area contributed by atoms with Gasteiger partial charge in [-0.1, -0.05) is 6.07 Å². The molecule has 0 saturated carbocycles. The summed E-state index contributed by atoms with van der Waals surface area (Å²) in [4.78, 5) is 10.7. The van der Waals surface area contributed by atoms with Crippen LogP contribution in [0, 0.1) is 13.8 Å². The molecule has 0 aliphatic rings. The zero-order chi connectivity index (χ0) is 13.0. The third kappa shape index (κ3) is 3.20. The van der Waals surface area contributed by atoms with Crippen LogP contribution in [0.1, 0.15) is 29.0 Å². The molecular weight excluding hydrogens is 220 g/mol. The van der Waals surface area contributed by atoms with Crippen LogP contribution in [0.2, 0.25) is 0 Å². The molecule has 0 aliphatic heterocycles. The van der Waals surface area contributed by atoms with E-state index in [0.717, 1.165) is 22.4 Å². The second-order valence-electron chi connectivity index (χ2n) is 4.16. The van der Waals surface area contributed by atoms with Crippen molar-refractivity contribution in [1.82, 2.24) is 0 Å². The van der Waals surface area contributed by atoms with Gasteiger partial charge in [0.15, 0.2) is 0 Å². The van der Waals surface area contributed by atoms with Crippen molar-refractivity contribution in [3.05, 3.63) is 28.8 Å². The largest absolute Gasteiger partial charge is 0.496 e. The number of aliphatic hydroxyl groups excluding tert-OH is 1. The number of methoxy groups -OCH3 is 1. The van der Waals surface area contributed by atoms with E-state index in [1.54, 1.807) is 7.11 Å². The first-order chi connectivity index (χ1) is 7.99. The Hall–Kier alpha value is -1.55. The Morgan fingerprint density at radius 3 is 2.47 bits per heavy atom. The molecule has 1 aromatic carbocycles. The zero-order valence-corrected chi connectivity index (χ0v) is 10.4. The summed E-state index contributed by atoms with van der Waals surface area (Å²) in [7, 11) is 1.60. The quantitative estimate of drug-likeness (QED) is 0.821. The molecule has 1 atom stereocenters. The van der Waals surface area contributed by atoms with Gasteiger partial charge in [-0.15, -0.1) is 0 Å². The highest BCUT2D eigenvalue weighted by Crippen LogP contribution is 2.29. The van der Waals surface area contributed by atoms with Crippen LogP contribution >= 0.6 is 0 Å². The number of aliphatic hydroxyl groups is 1. The standard InChI is InChI=1S/C13H18O4/c1-8-5-12(17-3)9(2)4-11(8)10(7-14)6-13(15)16/h4-5,10,14H,6-7H2,1-3H3,(H,15,16). The topological polar surface area (TPSA) is 66.8 Å². The van der Waals surface area contributed by atoms with Crippen molar-refractivity contribution in [3.8, 4) is 5.75 Å². The number of carboxylic acids is 1. The zero-order valence-electron chi connectivity index (χ0n) is 10.4. The van der Waals surface area contributed by atoms with Crippen molar-refractivity contribution in [1.29, 1.82) is 0 Å². The van der Waals surface area contributed by atoms with Gasteiger partial charge < -0.3 is 14.9 Å². The lowest BCUT2D eigenvalue weighted by Gasteiger charge is -2.17. The van der Waals surface area contributed by atoms with E-state index in [1.807, 2.05) is 26.0 Å². The molecule has 1 aromatic rings. The third-order valence-electron chi connectivity index (χ3n) is 2.86. The van der Waals surface area contributed by atoms with Crippen LogP contribution in [0.15, 0.2) is 12.1 Å². The van der Waals surface area contributed by atoms with Crippen LogP contribution in [0.3, 0.4) is 0 Å². The Balaban J connectivity index is 3.11. The molecule has 0 radical (unpaired) electrons. The lowest BCUT2D eigenvalue weighted by molar-refractivity contribution is -0.137. The van der Waals surface area contributed by atoms with E-state index in [4.69, 9.17) is 9.84 Å². The minimum Gasteiger partial charge on any atom is -0.496 e. The summed E-state index contributed by atoms with van der Waals surface area (Å²) < 4.78 is 5.20. The van der Waals surface area contributed by atoms with Gasteiger partial charge in [0.05, 0.1) is 20.1 Å². The van der Waals surface area contributed by atoms with Gasteiger partial charge in [-0.25, -0.2) is 0 Å². The van der Waals surface area contributed by atoms with E-state index >= 15 is 0 Å². The van der Waals surface area contributed by atoms with E-state index in [2.05, 4.69) is 0 Å². The number of aryl methyl sites for hydroxylation is 2. The van der Waals surface area contributed by atoms with Crippen LogP contribution in [0.4, 0.5) is 0 Å². The van der Waals surface area contributed by atoms with E-state index in [-0.39, 0.29) is 18.9 Å². The average molecular weight is 238 g/mol. The Kier molecular flexibility index (Phi) is 4.52. The summed E-state index contributed by atoms with van der Waals surface area (Å²) in [5, 5.41) is 18.1. The predicted octanol–water partition coefficient (Wildman–Crippen LogP) is 1.86. The van der Waals surface area contributed by atoms with E-state index in [1.165, 1.54) is 0 Å². The van der Waals surface area contributed by atoms with Crippen molar-refractivity contribution in [2.24, 2.45) is 0 Å². The molecule has 1 unspecified atom stereocenters. The van der Waals surface area contributed by atoms with Gasteiger partial charge in [0, 0.05) is 5.92 Å². The van der Waals surface area contributed by atoms with E-state index in [9.17, 15) is 9.90 Å². The fourth-order valence-corrected chi connectivity index (χ4v) is 1.96. The first kappa shape index (κ1) is 13.5. The number of hydrogen-bond acceptors (Lipinski definition) is 3. The van der Waals surface area contributed by atoms with Crippen LogP contribution in [0.25, 0.3) is 0 Å². The molecule has 94 valence electrons. The van der Waals surface area contributed by atoms with Gasteiger partial charge in [-0.05, 0) is 36.6 Å². The number of aliphatic carboxylic acids is 1. The van der Waals surface area contributed by atoms with E-state index < -0.39 is 5.97 Å². The molecule has 2 N–H and O–H groups in total. The molecule has 0 bridgehead atoms. The Morgan fingerprint density at radius 1 is 1.35 bits per heavy atom. The monoisotopic (exact) mass is 238 g/mol. The molecule has 0 amide bonds. The number of carboxylic acid groups (broad SMARTS) is 1. The van der Waals surface area contributed by atoms with Crippen molar-refractivity contribution < 1.29 is 19.7 Å². The van der Waals surface area contributed by atoms with Gasteiger partial charge in [0.2, 0.25) is 0 Å². The molecule has 17 heavy (non-hydrogen) atoms. The third-order valence-corrected chi connectivity index (χ3v) is 2.86. The number of benzene rings is 1. The maximum atomic E-state index is 10.7. The molecule has 0 heterocycles. The van der Waals surface area contributed by atoms with Gasteiger partial charge in [-0.2, -0.15) is 0 Å². The molecule has 0 saturated heterocycles. The summed E-state index contributed by atoms with van der Waals surface area (Å²) >= 11 is 0. The fraction of sp³-hybridized carbons (Fsp3) is 0.462. The number of rotatable bonds is 5. The van der Waals surface area contributed by atoms with Gasteiger partial charge in [0.1, 0.15) is 5.75 Å².